The highest BCUT2D eigenvalue weighted by Crippen LogP contribution is 2.30. The summed E-state index contributed by atoms with van der Waals surface area (Å²) in [5.74, 6) is 0.871. The van der Waals surface area contributed by atoms with Crippen LogP contribution in [0.1, 0.15) is 55.2 Å². The van der Waals surface area contributed by atoms with Crippen LogP contribution in [-0.2, 0) is 24.3 Å². The van der Waals surface area contributed by atoms with Gasteiger partial charge in [0.2, 0.25) is 5.91 Å². The van der Waals surface area contributed by atoms with Crippen molar-refractivity contribution in [3.63, 3.8) is 0 Å². The maximum atomic E-state index is 13.8. The van der Waals surface area contributed by atoms with E-state index in [1.807, 2.05) is 48.7 Å². The Morgan fingerprint density at radius 3 is 2.46 bits per heavy atom. The Bertz CT molecular complexity index is 1320. The van der Waals surface area contributed by atoms with E-state index in [9.17, 15) is 14.4 Å². The first-order chi connectivity index (χ1) is 17.8. The summed E-state index contributed by atoms with van der Waals surface area (Å²) in [4.78, 5) is 39.3. The van der Waals surface area contributed by atoms with Crippen molar-refractivity contribution in [2.75, 3.05) is 13.7 Å². The number of hydrogen-bond acceptors (Lipinski definition) is 4. The van der Waals surface area contributed by atoms with Gasteiger partial charge in [0.25, 0.3) is 0 Å². The summed E-state index contributed by atoms with van der Waals surface area (Å²) < 4.78 is 9.57. The maximum absolute atomic E-state index is 13.8. The van der Waals surface area contributed by atoms with Gasteiger partial charge in [-0.05, 0) is 73.9 Å². The molecule has 1 aliphatic rings. The van der Waals surface area contributed by atoms with Gasteiger partial charge in [-0.25, -0.2) is 9.59 Å². The predicted molar refractivity (Wildman–Crippen MR) is 145 cm³/mol. The number of ether oxygens (including phenoxy) is 1. The van der Waals surface area contributed by atoms with Crippen LogP contribution in [0.2, 0.25) is 0 Å². The van der Waals surface area contributed by atoms with E-state index in [0.29, 0.717) is 32.0 Å². The van der Waals surface area contributed by atoms with Crippen molar-refractivity contribution in [3.8, 4) is 5.75 Å². The number of nitrogens with two attached hydrogens (primary N) is 1. The van der Waals surface area contributed by atoms with Crippen molar-refractivity contribution in [2.45, 2.75) is 71.9 Å². The molecule has 0 saturated heterocycles. The molecule has 8 nitrogen and oxygen atoms in total. The fourth-order valence-electron chi connectivity index (χ4n) is 5.35. The molecule has 3 amide bonds. The van der Waals surface area contributed by atoms with E-state index in [4.69, 9.17) is 10.5 Å². The van der Waals surface area contributed by atoms with E-state index in [2.05, 4.69) is 6.07 Å². The zero-order chi connectivity index (χ0) is 26.5. The molecule has 1 aliphatic carbocycles. The van der Waals surface area contributed by atoms with Gasteiger partial charge >= 0.3 is 11.7 Å². The van der Waals surface area contributed by atoms with Gasteiger partial charge in [0.15, 0.2) is 0 Å². The van der Waals surface area contributed by atoms with Gasteiger partial charge in [-0.3, -0.25) is 18.8 Å². The number of urea groups is 1. The topological polar surface area (TPSA) is 99.6 Å². The summed E-state index contributed by atoms with van der Waals surface area (Å²) in [5, 5.41) is 0. The minimum atomic E-state index is -0.795. The number of hydrogen-bond donors (Lipinski definition) is 1. The summed E-state index contributed by atoms with van der Waals surface area (Å²) in [6.45, 7) is 5.58. The zero-order valence-corrected chi connectivity index (χ0v) is 22.2. The van der Waals surface area contributed by atoms with Crippen LogP contribution in [0.4, 0.5) is 4.79 Å². The molecule has 1 fully saturated rings. The minimum absolute atomic E-state index is 0.00312. The Labute approximate surface area is 218 Å². The number of aromatic nitrogens is 2. The van der Waals surface area contributed by atoms with Crippen LogP contribution in [0, 0.1) is 19.8 Å². The second-order valence-electron chi connectivity index (χ2n) is 10.2. The van der Waals surface area contributed by atoms with E-state index >= 15 is 0 Å². The maximum Gasteiger partial charge on any atom is 0.329 e. The van der Waals surface area contributed by atoms with Crippen LogP contribution in [-0.4, -0.2) is 39.6 Å². The molecule has 0 spiro atoms. The quantitative estimate of drug-likeness (QED) is 0.431. The van der Waals surface area contributed by atoms with E-state index in [1.54, 1.807) is 4.57 Å². The summed E-state index contributed by atoms with van der Waals surface area (Å²) in [6.07, 6.45) is 6.55. The number of imide groups is 1. The van der Waals surface area contributed by atoms with Crippen molar-refractivity contribution >= 4 is 23.0 Å². The number of amides is 3. The third kappa shape index (κ3) is 5.89. The molecule has 0 aliphatic heterocycles. The second kappa shape index (κ2) is 11.7. The van der Waals surface area contributed by atoms with Crippen LogP contribution in [0.5, 0.6) is 5.75 Å². The second-order valence-corrected chi connectivity index (χ2v) is 10.2. The molecule has 2 N–H and O–H groups in total. The number of para-hydroxylation sites is 1. The Morgan fingerprint density at radius 1 is 1.08 bits per heavy atom. The molecule has 3 aromatic rings. The Balaban J connectivity index is 1.72. The van der Waals surface area contributed by atoms with Crippen LogP contribution >= 0.6 is 0 Å². The molecular formula is C29H38N4O4. The van der Waals surface area contributed by atoms with Crippen molar-refractivity contribution in [1.29, 1.82) is 0 Å². The lowest BCUT2D eigenvalue weighted by Gasteiger charge is -2.22. The third-order valence-corrected chi connectivity index (χ3v) is 7.68. The lowest BCUT2D eigenvalue weighted by molar-refractivity contribution is -0.126. The molecule has 0 radical (unpaired) electrons. The van der Waals surface area contributed by atoms with Crippen molar-refractivity contribution < 1.29 is 14.3 Å². The van der Waals surface area contributed by atoms with Crippen molar-refractivity contribution in [1.82, 2.24) is 14.0 Å². The standard InChI is InChI=1S/C29H38N4O4/c1-20-17-25-27(24(21(20)2)18-26(34)31(3)28(30)35)32(15-10-16-37-23-13-8-5-9-14-23)29(36)33(25)19-22-11-6-4-7-12-22/h5,8-9,13-14,17,22H,4,6-7,10-12,15-16,18-19H2,1-3H3,(H2,30,35). The summed E-state index contributed by atoms with van der Waals surface area (Å²) in [6, 6.07) is 10.9. The Hall–Kier alpha value is -3.55. The van der Waals surface area contributed by atoms with Gasteiger partial charge in [0.05, 0.1) is 24.1 Å². The molecule has 8 heteroatoms. The first-order valence-electron chi connectivity index (χ1n) is 13.2. The monoisotopic (exact) mass is 506 g/mol. The van der Waals surface area contributed by atoms with Gasteiger partial charge < -0.3 is 10.5 Å². The van der Waals surface area contributed by atoms with E-state index in [1.165, 1.54) is 26.3 Å². The summed E-state index contributed by atoms with van der Waals surface area (Å²) in [5.41, 5.74) is 9.66. The number of benzene rings is 2. The highest BCUT2D eigenvalue weighted by molar-refractivity contribution is 5.96. The first kappa shape index (κ1) is 26.5. The number of rotatable bonds is 9. The van der Waals surface area contributed by atoms with Gasteiger partial charge in [0, 0.05) is 20.1 Å². The molecule has 1 heterocycles. The van der Waals surface area contributed by atoms with E-state index in [0.717, 1.165) is 51.2 Å². The largest absolute Gasteiger partial charge is 0.494 e. The molecule has 37 heavy (non-hydrogen) atoms. The number of carbonyl (C=O) groups is 2. The van der Waals surface area contributed by atoms with Crippen molar-refractivity contribution in [3.05, 3.63) is 63.6 Å². The Kier molecular flexibility index (Phi) is 8.36. The Morgan fingerprint density at radius 2 is 1.78 bits per heavy atom. The third-order valence-electron chi connectivity index (χ3n) is 7.68. The molecule has 1 aromatic heterocycles. The smallest absolute Gasteiger partial charge is 0.329 e. The average Bonchev–Trinajstić information content (AvgIpc) is 3.15. The number of primary amides is 1. The minimum Gasteiger partial charge on any atom is -0.494 e. The zero-order valence-electron chi connectivity index (χ0n) is 22.2. The van der Waals surface area contributed by atoms with E-state index < -0.39 is 11.9 Å². The highest BCUT2D eigenvalue weighted by Gasteiger charge is 2.25. The first-order valence-corrected chi connectivity index (χ1v) is 13.2. The number of imidazole rings is 1. The van der Waals surface area contributed by atoms with Crippen LogP contribution < -0.4 is 16.2 Å². The molecule has 2 aromatic carbocycles. The normalized spacial score (nSPS) is 14.1. The summed E-state index contributed by atoms with van der Waals surface area (Å²) in [7, 11) is 1.38. The van der Waals surface area contributed by atoms with Crippen LogP contribution in [0.3, 0.4) is 0 Å². The number of nitrogens with zero attached hydrogens (tertiary/aromatic N) is 3. The molecule has 0 atom stereocenters. The van der Waals surface area contributed by atoms with Gasteiger partial charge in [0.1, 0.15) is 5.75 Å². The lowest BCUT2D eigenvalue weighted by Crippen LogP contribution is -2.38. The SMILES string of the molecule is Cc1cc2c(c(CC(=O)N(C)C(N)=O)c1C)n(CCCOc1ccccc1)c(=O)n2CC1CCCCC1. The molecule has 0 bridgehead atoms. The average molecular weight is 507 g/mol. The number of carbonyl (C=O) groups excluding carboxylic acids is 2. The van der Waals surface area contributed by atoms with Gasteiger partial charge in [-0.2, -0.15) is 0 Å². The predicted octanol–water partition coefficient (Wildman–Crippen LogP) is 4.55. The molecule has 1 saturated carbocycles. The van der Waals surface area contributed by atoms with E-state index in [-0.39, 0.29) is 12.1 Å². The fraction of sp³-hybridized carbons (Fsp3) is 0.483. The molecular weight excluding hydrogens is 468 g/mol. The van der Waals surface area contributed by atoms with Crippen LogP contribution in [0.15, 0.2) is 41.2 Å². The highest BCUT2D eigenvalue weighted by atomic mass is 16.5. The lowest BCUT2D eigenvalue weighted by atomic mass is 9.89. The van der Waals surface area contributed by atoms with Gasteiger partial charge in [-0.15, -0.1) is 0 Å². The molecule has 0 unspecified atom stereocenters. The van der Waals surface area contributed by atoms with Crippen molar-refractivity contribution in [2.24, 2.45) is 11.7 Å². The number of aryl methyl sites for hydroxylation is 2. The number of likely N-dealkylation sites (N-methyl/N-ethyl adjacent to an activating group) is 1. The number of fused-ring (bicyclic) bond motifs is 1. The fourth-order valence-corrected chi connectivity index (χ4v) is 5.35. The molecule has 198 valence electrons. The van der Waals surface area contributed by atoms with Crippen LogP contribution in [0.25, 0.3) is 11.0 Å². The molecule has 4 rings (SSSR count). The van der Waals surface area contributed by atoms with Gasteiger partial charge in [-0.1, -0.05) is 37.5 Å². The summed E-state index contributed by atoms with van der Waals surface area (Å²) >= 11 is 0.